The number of pyridine rings is 1. The molecule has 4 heterocycles. The number of nitrogens with zero attached hydrogens (tertiary/aromatic N) is 5. The Morgan fingerprint density at radius 3 is 2.27 bits per heavy atom. The molecule has 2 aromatic carbocycles. The summed E-state index contributed by atoms with van der Waals surface area (Å²) in [5.41, 5.74) is 5.33. The maximum atomic E-state index is 13.7. The number of rotatable bonds is 6. The van der Waals surface area contributed by atoms with E-state index >= 15 is 0 Å². The van der Waals surface area contributed by atoms with Crippen LogP contribution >= 0.6 is 0 Å². The summed E-state index contributed by atoms with van der Waals surface area (Å²) < 4.78 is 14.3. The van der Waals surface area contributed by atoms with E-state index in [4.69, 9.17) is 9.47 Å². The van der Waals surface area contributed by atoms with E-state index in [0.717, 1.165) is 47.6 Å². The predicted molar refractivity (Wildman–Crippen MR) is 156 cm³/mol. The van der Waals surface area contributed by atoms with Gasteiger partial charge in [-0.3, -0.25) is 4.90 Å². The van der Waals surface area contributed by atoms with Gasteiger partial charge in [-0.2, -0.15) is 5.26 Å². The van der Waals surface area contributed by atoms with E-state index in [1.54, 1.807) is 23.6 Å². The van der Waals surface area contributed by atoms with Crippen LogP contribution in [0.15, 0.2) is 59.4 Å². The van der Waals surface area contributed by atoms with E-state index in [2.05, 4.69) is 21.4 Å². The molecule has 208 valence electrons. The molecule has 0 amide bonds. The molecule has 0 saturated carbocycles. The number of aryl methyl sites for hydroxylation is 1. The number of morpholine rings is 1. The highest BCUT2D eigenvalue weighted by atomic mass is 16.5. The Morgan fingerprint density at radius 2 is 1.68 bits per heavy atom. The largest absolute Gasteiger partial charge is 0.493 e. The lowest BCUT2D eigenvalue weighted by atomic mass is 9.97. The van der Waals surface area contributed by atoms with Crippen molar-refractivity contribution in [2.75, 3.05) is 53.0 Å². The second kappa shape index (κ2) is 12.9. The standard InChI is InChI=1S/C27H27N5O3.C4H9N/c1-19-3-7-22(8-4-19)25-23(21-9-5-20(18-28)6-10-21)17-24(34-2)26-29-31(27(33)32(25)26)12-11-30-13-15-35-16-14-30;1-2-4-5-3-1/h3-10,17H,11-16H2,1-2H3;5H,1-4H2. The van der Waals surface area contributed by atoms with Gasteiger partial charge in [-0.1, -0.05) is 42.0 Å². The Kier molecular flexibility index (Phi) is 8.91. The van der Waals surface area contributed by atoms with Crippen LogP contribution in [0.5, 0.6) is 5.75 Å². The third-order valence-corrected chi connectivity index (χ3v) is 7.37. The van der Waals surface area contributed by atoms with Gasteiger partial charge >= 0.3 is 5.69 Å². The zero-order chi connectivity index (χ0) is 27.9. The fourth-order valence-corrected chi connectivity index (χ4v) is 5.08. The Labute approximate surface area is 234 Å². The smallest absolute Gasteiger partial charge is 0.351 e. The predicted octanol–water partition coefficient (Wildman–Crippen LogP) is 3.72. The molecule has 40 heavy (non-hydrogen) atoms. The zero-order valence-corrected chi connectivity index (χ0v) is 23.2. The van der Waals surface area contributed by atoms with Gasteiger partial charge in [0, 0.05) is 25.2 Å². The van der Waals surface area contributed by atoms with Crippen molar-refractivity contribution in [3.05, 3.63) is 76.2 Å². The SMILES string of the molecule is C1CCNC1.COc1cc(-c2ccc(C#N)cc2)c(-c2ccc(C)cc2)n2c(=O)n(CCN3CCOCC3)nc12. The Balaban J connectivity index is 0.000000582. The number of nitriles is 1. The fraction of sp³-hybridized carbons (Fsp3) is 0.387. The number of benzene rings is 2. The van der Waals surface area contributed by atoms with Crippen molar-refractivity contribution in [2.24, 2.45) is 0 Å². The molecular formula is C31H36N6O3. The lowest BCUT2D eigenvalue weighted by molar-refractivity contribution is 0.0358. The van der Waals surface area contributed by atoms with Crippen LogP contribution in [-0.4, -0.2) is 72.1 Å². The van der Waals surface area contributed by atoms with E-state index in [1.165, 1.54) is 30.6 Å². The highest BCUT2D eigenvalue weighted by Crippen LogP contribution is 2.36. The molecule has 9 heteroatoms. The normalized spacial score (nSPS) is 15.4. The molecule has 0 spiro atoms. The van der Waals surface area contributed by atoms with E-state index in [0.29, 0.717) is 36.7 Å². The first kappa shape index (κ1) is 27.6. The Hall–Kier alpha value is -3.97. The quantitative estimate of drug-likeness (QED) is 0.398. The lowest BCUT2D eigenvalue weighted by Gasteiger charge is -2.26. The van der Waals surface area contributed by atoms with Crippen LogP contribution in [0.2, 0.25) is 0 Å². The molecule has 1 N–H and O–H groups in total. The lowest BCUT2D eigenvalue weighted by Crippen LogP contribution is -2.39. The van der Waals surface area contributed by atoms with Crippen LogP contribution in [0.25, 0.3) is 28.0 Å². The van der Waals surface area contributed by atoms with Gasteiger partial charge in [-0.15, -0.1) is 5.10 Å². The van der Waals surface area contributed by atoms with Crippen molar-refractivity contribution >= 4 is 5.65 Å². The molecule has 0 aliphatic carbocycles. The Morgan fingerprint density at radius 1 is 1.00 bits per heavy atom. The van der Waals surface area contributed by atoms with Crippen LogP contribution in [0.1, 0.15) is 24.0 Å². The molecule has 0 radical (unpaired) electrons. The first-order valence-corrected chi connectivity index (χ1v) is 13.9. The summed E-state index contributed by atoms with van der Waals surface area (Å²) in [4.78, 5) is 16.0. The summed E-state index contributed by atoms with van der Waals surface area (Å²) in [5.74, 6) is 0.516. The van der Waals surface area contributed by atoms with E-state index < -0.39 is 0 Å². The molecule has 0 atom stereocenters. The van der Waals surface area contributed by atoms with E-state index in [1.807, 2.05) is 49.4 Å². The highest BCUT2D eigenvalue weighted by Gasteiger charge is 2.22. The topological polar surface area (TPSA) is 96.8 Å². The molecule has 0 bridgehead atoms. The molecule has 2 aliphatic rings. The number of fused-ring (bicyclic) bond motifs is 1. The van der Waals surface area contributed by atoms with E-state index in [9.17, 15) is 10.1 Å². The number of hydrogen-bond acceptors (Lipinski definition) is 7. The molecule has 6 rings (SSSR count). The van der Waals surface area contributed by atoms with Crippen molar-refractivity contribution in [1.29, 1.82) is 5.26 Å². The van der Waals surface area contributed by atoms with Crippen LogP contribution in [0.4, 0.5) is 0 Å². The molecule has 9 nitrogen and oxygen atoms in total. The molecule has 2 aromatic heterocycles. The minimum Gasteiger partial charge on any atom is -0.493 e. The number of nitrogens with one attached hydrogen (secondary N) is 1. The summed E-state index contributed by atoms with van der Waals surface area (Å²) >= 11 is 0. The summed E-state index contributed by atoms with van der Waals surface area (Å²) in [6, 6.07) is 19.5. The van der Waals surface area contributed by atoms with Crippen molar-refractivity contribution < 1.29 is 9.47 Å². The van der Waals surface area contributed by atoms with Gasteiger partial charge in [0.15, 0.2) is 5.75 Å². The number of aromatic nitrogens is 3. The molecule has 0 unspecified atom stereocenters. The van der Waals surface area contributed by atoms with Gasteiger partial charge in [0.25, 0.3) is 0 Å². The molecule has 2 fully saturated rings. The number of ether oxygens (including phenoxy) is 2. The molecule has 4 aromatic rings. The van der Waals surface area contributed by atoms with Crippen molar-refractivity contribution in [1.82, 2.24) is 24.4 Å². The van der Waals surface area contributed by atoms with Gasteiger partial charge in [-0.05, 0) is 62.2 Å². The van der Waals surface area contributed by atoms with Crippen LogP contribution in [-0.2, 0) is 11.3 Å². The maximum absolute atomic E-state index is 13.7. The monoisotopic (exact) mass is 540 g/mol. The Bertz CT molecular complexity index is 1520. The maximum Gasteiger partial charge on any atom is 0.351 e. The van der Waals surface area contributed by atoms with Gasteiger partial charge in [0.2, 0.25) is 5.65 Å². The van der Waals surface area contributed by atoms with Gasteiger partial charge in [0.1, 0.15) is 0 Å². The minimum absolute atomic E-state index is 0.211. The number of hydrogen-bond donors (Lipinski definition) is 1. The number of methoxy groups -OCH3 is 1. The zero-order valence-electron chi connectivity index (χ0n) is 23.2. The summed E-state index contributed by atoms with van der Waals surface area (Å²) in [6.07, 6.45) is 2.78. The first-order chi connectivity index (χ1) is 19.6. The van der Waals surface area contributed by atoms with Crippen molar-refractivity contribution in [3.63, 3.8) is 0 Å². The second-order valence-corrected chi connectivity index (χ2v) is 10.1. The van der Waals surface area contributed by atoms with Crippen LogP contribution in [0.3, 0.4) is 0 Å². The molecule has 2 aliphatic heterocycles. The summed E-state index contributed by atoms with van der Waals surface area (Å²) in [6.45, 7) is 8.84. The van der Waals surface area contributed by atoms with Crippen molar-refractivity contribution in [2.45, 2.75) is 26.3 Å². The molecular weight excluding hydrogens is 504 g/mol. The third-order valence-electron chi connectivity index (χ3n) is 7.37. The first-order valence-electron chi connectivity index (χ1n) is 13.9. The van der Waals surface area contributed by atoms with Gasteiger partial charge < -0.3 is 14.8 Å². The molecule has 2 saturated heterocycles. The highest BCUT2D eigenvalue weighted by molar-refractivity contribution is 5.85. The van der Waals surface area contributed by atoms with Crippen LogP contribution < -0.4 is 15.7 Å². The second-order valence-electron chi connectivity index (χ2n) is 10.1. The van der Waals surface area contributed by atoms with Gasteiger partial charge in [0.05, 0.1) is 44.2 Å². The third kappa shape index (κ3) is 6.10. The fourth-order valence-electron chi connectivity index (χ4n) is 5.08. The average molecular weight is 541 g/mol. The van der Waals surface area contributed by atoms with Gasteiger partial charge in [-0.25, -0.2) is 13.9 Å². The van der Waals surface area contributed by atoms with E-state index in [-0.39, 0.29) is 5.69 Å². The summed E-state index contributed by atoms with van der Waals surface area (Å²) in [5, 5.41) is 17.1. The van der Waals surface area contributed by atoms with Crippen LogP contribution in [0, 0.1) is 18.3 Å². The summed E-state index contributed by atoms with van der Waals surface area (Å²) in [7, 11) is 1.58. The van der Waals surface area contributed by atoms with Crippen molar-refractivity contribution in [3.8, 4) is 34.2 Å². The minimum atomic E-state index is -0.211. The average Bonchev–Trinajstić information content (AvgIpc) is 3.69.